The van der Waals surface area contributed by atoms with Crippen LogP contribution in [0.4, 0.5) is 11.5 Å². The maximum absolute atomic E-state index is 6.04. The van der Waals surface area contributed by atoms with Gasteiger partial charge in [0.1, 0.15) is 5.82 Å². The van der Waals surface area contributed by atoms with E-state index in [1.54, 1.807) is 0 Å². The lowest BCUT2D eigenvalue weighted by atomic mass is 10.0. The van der Waals surface area contributed by atoms with Gasteiger partial charge in [-0.05, 0) is 44.1 Å². The maximum atomic E-state index is 6.04. The van der Waals surface area contributed by atoms with Gasteiger partial charge < -0.3 is 11.1 Å². The lowest BCUT2D eigenvalue weighted by Gasteiger charge is -2.22. The highest BCUT2D eigenvalue weighted by Crippen LogP contribution is 2.26. The minimum absolute atomic E-state index is 0.788. The topological polar surface area (TPSA) is 55.9 Å². The summed E-state index contributed by atoms with van der Waals surface area (Å²) >= 11 is 2.07. The van der Waals surface area contributed by atoms with Crippen LogP contribution in [0, 0.1) is 12.8 Å². The van der Waals surface area contributed by atoms with E-state index in [0.717, 1.165) is 36.2 Å². The molecule has 0 unspecified atom stereocenters. The molecule has 0 aliphatic carbocycles. The van der Waals surface area contributed by atoms with Crippen molar-refractivity contribution < 1.29 is 0 Å². The van der Waals surface area contributed by atoms with Crippen LogP contribution in [0.15, 0.2) is 0 Å². The molecule has 1 aliphatic heterocycles. The minimum Gasteiger partial charge on any atom is -0.394 e. The van der Waals surface area contributed by atoms with Crippen LogP contribution in [0.25, 0.3) is 0 Å². The van der Waals surface area contributed by atoms with Crippen LogP contribution in [0.1, 0.15) is 25.5 Å². The molecule has 1 aromatic heterocycles. The Hall–Kier alpha value is -0.840. The van der Waals surface area contributed by atoms with Crippen molar-refractivity contribution in [3.63, 3.8) is 0 Å². The summed E-state index contributed by atoms with van der Waals surface area (Å²) in [6.45, 7) is 5.94. The zero-order chi connectivity index (χ0) is 12.3. The molecule has 0 spiro atoms. The highest BCUT2D eigenvalue weighted by Gasteiger charge is 2.16. The highest BCUT2D eigenvalue weighted by molar-refractivity contribution is 7.99. The van der Waals surface area contributed by atoms with Crippen LogP contribution < -0.4 is 11.1 Å². The molecule has 3 N–H and O–H groups in total. The lowest BCUT2D eigenvalue weighted by Crippen LogP contribution is -2.21. The van der Waals surface area contributed by atoms with Crippen LogP contribution in [0.5, 0.6) is 0 Å². The summed E-state index contributed by atoms with van der Waals surface area (Å²) in [5.41, 5.74) is 7.77. The van der Waals surface area contributed by atoms with Gasteiger partial charge in [-0.3, -0.25) is 0 Å². The van der Waals surface area contributed by atoms with Gasteiger partial charge in [-0.1, -0.05) is 0 Å². The smallest absolute Gasteiger partial charge is 0.148 e. The van der Waals surface area contributed by atoms with Gasteiger partial charge in [-0.2, -0.15) is 16.9 Å². The number of nitrogens with one attached hydrogen (secondary N) is 1. The van der Waals surface area contributed by atoms with Crippen molar-refractivity contribution in [3.8, 4) is 0 Å². The van der Waals surface area contributed by atoms with Crippen molar-refractivity contribution in [1.82, 2.24) is 9.78 Å². The van der Waals surface area contributed by atoms with E-state index in [0.29, 0.717) is 0 Å². The molecule has 17 heavy (non-hydrogen) atoms. The lowest BCUT2D eigenvalue weighted by molar-refractivity contribution is 0.512. The number of nitrogens with two attached hydrogens (primary N) is 1. The predicted molar refractivity (Wildman–Crippen MR) is 75.6 cm³/mol. The van der Waals surface area contributed by atoms with Gasteiger partial charge in [0.2, 0.25) is 0 Å². The summed E-state index contributed by atoms with van der Waals surface area (Å²) in [6.07, 6.45) is 2.63. The normalized spacial score (nSPS) is 17.3. The fourth-order valence-corrected chi connectivity index (χ4v) is 3.41. The summed E-state index contributed by atoms with van der Waals surface area (Å²) in [5.74, 6) is 4.39. The average molecular weight is 254 g/mol. The van der Waals surface area contributed by atoms with E-state index in [4.69, 9.17) is 5.73 Å². The largest absolute Gasteiger partial charge is 0.394 e. The molecule has 0 atom stereocenters. The third-order valence-electron chi connectivity index (χ3n) is 3.37. The first-order valence-electron chi connectivity index (χ1n) is 6.36. The average Bonchev–Trinajstić information content (AvgIpc) is 2.64. The molecule has 1 fully saturated rings. The summed E-state index contributed by atoms with van der Waals surface area (Å²) in [7, 11) is 0. The second kappa shape index (κ2) is 5.67. The molecule has 0 radical (unpaired) electrons. The fraction of sp³-hybridized carbons (Fsp3) is 0.750. The van der Waals surface area contributed by atoms with E-state index in [1.165, 1.54) is 24.3 Å². The fourth-order valence-electron chi connectivity index (χ4n) is 2.20. The van der Waals surface area contributed by atoms with E-state index >= 15 is 0 Å². The van der Waals surface area contributed by atoms with Crippen molar-refractivity contribution in [1.29, 1.82) is 0 Å². The molecule has 0 amide bonds. The van der Waals surface area contributed by atoms with E-state index < -0.39 is 0 Å². The Bertz CT molecular complexity index is 369. The number of rotatable bonds is 4. The van der Waals surface area contributed by atoms with Gasteiger partial charge in [0.25, 0.3) is 0 Å². The Kier molecular flexibility index (Phi) is 4.20. The van der Waals surface area contributed by atoms with Crippen LogP contribution in [-0.2, 0) is 6.54 Å². The van der Waals surface area contributed by atoms with Crippen molar-refractivity contribution in [2.75, 3.05) is 29.1 Å². The Morgan fingerprint density at radius 2 is 2.18 bits per heavy atom. The van der Waals surface area contributed by atoms with Crippen LogP contribution in [0.2, 0.25) is 0 Å². The number of aryl methyl sites for hydroxylation is 2. The van der Waals surface area contributed by atoms with E-state index in [9.17, 15) is 0 Å². The number of nitrogen functional groups attached to an aromatic ring is 1. The molecule has 96 valence electrons. The molecule has 1 aliphatic rings. The molecule has 1 aromatic rings. The first-order valence-corrected chi connectivity index (χ1v) is 7.52. The highest BCUT2D eigenvalue weighted by atomic mass is 32.2. The number of thioether (sulfide) groups is 1. The number of nitrogens with zero attached hydrogens (tertiary/aromatic N) is 2. The third kappa shape index (κ3) is 2.89. The molecule has 5 heteroatoms. The van der Waals surface area contributed by atoms with Crippen molar-refractivity contribution in [2.45, 2.75) is 33.2 Å². The zero-order valence-corrected chi connectivity index (χ0v) is 11.5. The van der Waals surface area contributed by atoms with Crippen LogP contribution in [-0.4, -0.2) is 27.8 Å². The number of anilines is 2. The van der Waals surface area contributed by atoms with Crippen LogP contribution in [0.3, 0.4) is 0 Å². The molecule has 1 saturated heterocycles. The molecular weight excluding hydrogens is 232 g/mol. The minimum atomic E-state index is 0.788. The van der Waals surface area contributed by atoms with Gasteiger partial charge in [0.05, 0.1) is 11.4 Å². The molecule has 0 bridgehead atoms. The molecule has 4 nitrogen and oxygen atoms in total. The van der Waals surface area contributed by atoms with Gasteiger partial charge in [0.15, 0.2) is 0 Å². The van der Waals surface area contributed by atoms with Crippen molar-refractivity contribution in [3.05, 3.63) is 5.69 Å². The molecule has 2 heterocycles. The second-order valence-electron chi connectivity index (χ2n) is 4.60. The van der Waals surface area contributed by atoms with Crippen molar-refractivity contribution in [2.24, 2.45) is 5.92 Å². The van der Waals surface area contributed by atoms with E-state index in [2.05, 4.69) is 29.1 Å². The van der Waals surface area contributed by atoms with Gasteiger partial charge in [-0.15, -0.1) is 0 Å². The first kappa shape index (κ1) is 12.6. The Morgan fingerprint density at radius 1 is 1.47 bits per heavy atom. The monoisotopic (exact) mass is 254 g/mol. The van der Waals surface area contributed by atoms with Gasteiger partial charge in [-0.25, -0.2) is 4.68 Å². The van der Waals surface area contributed by atoms with Crippen molar-refractivity contribution >= 4 is 23.3 Å². The summed E-state index contributed by atoms with van der Waals surface area (Å²) in [4.78, 5) is 0. The number of hydrogen-bond donors (Lipinski definition) is 2. The molecular formula is C12H22N4S. The maximum Gasteiger partial charge on any atom is 0.148 e. The quantitative estimate of drug-likeness (QED) is 0.866. The number of aromatic nitrogens is 2. The predicted octanol–water partition coefficient (Wildman–Crippen LogP) is 2.35. The Labute approximate surface area is 107 Å². The molecule has 2 rings (SSSR count). The van der Waals surface area contributed by atoms with E-state index in [1.807, 2.05) is 11.6 Å². The zero-order valence-electron chi connectivity index (χ0n) is 10.7. The Morgan fingerprint density at radius 3 is 2.82 bits per heavy atom. The van der Waals surface area contributed by atoms with Gasteiger partial charge >= 0.3 is 0 Å². The molecule has 0 aromatic carbocycles. The third-order valence-corrected chi connectivity index (χ3v) is 4.42. The number of hydrogen-bond acceptors (Lipinski definition) is 4. The Balaban J connectivity index is 1.97. The van der Waals surface area contributed by atoms with Crippen LogP contribution >= 0.6 is 11.8 Å². The summed E-state index contributed by atoms with van der Waals surface area (Å²) in [5, 5.41) is 7.91. The summed E-state index contributed by atoms with van der Waals surface area (Å²) in [6, 6.07) is 0. The standard InChI is InChI=1S/C12H22N4S/c1-3-16-12(11(13)9(2)15-16)14-8-10-4-6-17-7-5-10/h10,14H,3-8,13H2,1-2H3. The molecule has 0 saturated carbocycles. The SMILES string of the molecule is CCn1nc(C)c(N)c1NCC1CCSCC1. The van der Waals surface area contributed by atoms with Gasteiger partial charge in [0, 0.05) is 13.1 Å². The first-order chi connectivity index (χ1) is 8.22. The summed E-state index contributed by atoms with van der Waals surface area (Å²) < 4.78 is 1.96. The van der Waals surface area contributed by atoms with E-state index in [-0.39, 0.29) is 0 Å². The second-order valence-corrected chi connectivity index (χ2v) is 5.82.